The molecule has 9 aromatic carbocycles. The van der Waals surface area contributed by atoms with E-state index in [2.05, 4.69) is 164 Å². The highest BCUT2D eigenvalue weighted by atomic mass is 28.3. The van der Waals surface area contributed by atoms with Crippen molar-refractivity contribution < 1.29 is 0 Å². The van der Waals surface area contributed by atoms with Gasteiger partial charge in [0.15, 0.2) is 43.0 Å². The predicted molar refractivity (Wildman–Crippen MR) is 275 cm³/mol. The van der Waals surface area contributed by atoms with Crippen LogP contribution in [0.5, 0.6) is 0 Å². The van der Waals surface area contributed by atoms with E-state index in [4.69, 9.17) is 29.9 Å². The first kappa shape index (κ1) is 41.0. The van der Waals surface area contributed by atoms with Gasteiger partial charge in [-0.1, -0.05) is 243 Å². The molecule has 2 heterocycles. The molecule has 0 saturated carbocycles. The average molecular weight is 875 g/mol. The van der Waals surface area contributed by atoms with Gasteiger partial charge in [0.2, 0.25) is 0 Å². The van der Waals surface area contributed by atoms with E-state index in [1.165, 1.54) is 20.7 Å². The quantitative estimate of drug-likeness (QED) is 0.0952. The van der Waals surface area contributed by atoms with E-state index in [0.717, 1.165) is 44.5 Å². The highest BCUT2D eigenvalue weighted by molar-refractivity contribution is 7.19. The Labute approximate surface area is 391 Å². The van der Waals surface area contributed by atoms with Gasteiger partial charge in [0, 0.05) is 33.4 Å². The molecule has 0 N–H and O–H groups in total. The summed E-state index contributed by atoms with van der Waals surface area (Å²) < 4.78 is 0. The van der Waals surface area contributed by atoms with Crippen LogP contribution in [0.15, 0.2) is 255 Å². The van der Waals surface area contributed by atoms with Gasteiger partial charge in [-0.15, -0.1) is 0 Å². The molecule has 11 aromatic rings. The first-order valence-corrected chi connectivity index (χ1v) is 24.4. The van der Waals surface area contributed by atoms with E-state index in [0.29, 0.717) is 34.9 Å². The fraction of sp³-hybridized carbons (Fsp3) is 0. The Hall–Kier alpha value is -8.78. The molecule has 6 nitrogen and oxygen atoms in total. The third kappa shape index (κ3) is 8.27. The summed E-state index contributed by atoms with van der Waals surface area (Å²) in [5.74, 6) is 3.64. The van der Waals surface area contributed by atoms with Crippen molar-refractivity contribution in [1.82, 2.24) is 29.9 Å². The van der Waals surface area contributed by atoms with Crippen LogP contribution in [-0.2, 0) is 0 Å². The summed E-state index contributed by atoms with van der Waals surface area (Å²) in [5.41, 5.74) is 7.46. The molecule has 0 amide bonds. The zero-order valence-electron chi connectivity index (χ0n) is 36.4. The van der Waals surface area contributed by atoms with E-state index in [1.54, 1.807) is 0 Å². The number of aromatic nitrogens is 6. The van der Waals surface area contributed by atoms with E-state index in [-0.39, 0.29) is 0 Å². The van der Waals surface area contributed by atoms with Crippen LogP contribution in [0.4, 0.5) is 0 Å². The van der Waals surface area contributed by atoms with Crippen LogP contribution >= 0.6 is 0 Å². The van der Waals surface area contributed by atoms with Crippen molar-refractivity contribution in [3.05, 3.63) is 255 Å². The summed E-state index contributed by atoms with van der Waals surface area (Å²) in [6.45, 7) is 0. The van der Waals surface area contributed by atoms with Gasteiger partial charge in [-0.2, -0.15) is 0 Å². The molecule has 0 radical (unpaired) electrons. The van der Waals surface area contributed by atoms with Crippen molar-refractivity contribution in [3.63, 3.8) is 0 Å². The van der Waals surface area contributed by atoms with E-state index in [1.807, 2.05) is 91.0 Å². The second-order valence-electron chi connectivity index (χ2n) is 16.3. The van der Waals surface area contributed by atoms with E-state index < -0.39 is 8.07 Å². The molecule has 316 valence electrons. The van der Waals surface area contributed by atoms with Crippen molar-refractivity contribution in [2.24, 2.45) is 0 Å². The van der Waals surface area contributed by atoms with E-state index >= 15 is 0 Å². The Morgan fingerprint density at radius 3 is 0.731 bits per heavy atom. The molecule has 0 fully saturated rings. The summed E-state index contributed by atoms with van der Waals surface area (Å²) in [6.07, 6.45) is 0. The molecule has 0 spiro atoms. The number of rotatable bonds is 11. The molecule has 2 aromatic heterocycles. The Morgan fingerprint density at radius 1 is 0.179 bits per heavy atom. The molecule has 0 atom stereocenters. The molecule has 11 rings (SSSR count). The van der Waals surface area contributed by atoms with Gasteiger partial charge >= 0.3 is 0 Å². The standard InChI is InChI=1S/C60H42N6Si/c1-7-22-43(23-8-1)55-61-56(44-24-9-2-10-25-44)63-58(62-55)48-30-19-28-46(40-48)47-29-20-31-49(41-47)59-64-57(45-26-11-3-12-27-45)65-60(66-59)50-32-21-39-54(42-50)67(51-33-13-4-14-34-51,52-35-15-5-16-36-52)53-37-17-6-18-38-53/h1-42H. The molecular formula is C60H42N6Si. The minimum atomic E-state index is -2.82. The molecule has 0 aliphatic rings. The minimum Gasteiger partial charge on any atom is -0.208 e. The van der Waals surface area contributed by atoms with Gasteiger partial charge < -0.3 is 0 Å². The molecule has 0 aliphatic carbocycles. The summed E-state index contributed by atoms with van der Waals surface area (Å²) >= 11 is 0. The monoisotopic (exact) mass is 874 g/mol. The van der Waals surface area contributed by atoms with Crippen LogP contribution in [0, 0.1) is 0 Å². The maximum Gasteiger partial charge on any atom is 0.179 e. The first-order chi connectivity index (χ1) is 33.2. The lowest BCUT2D eigenvalue weighted by Gasteiger charge is -2.34. The highest BCUT2D eigenvalue weighted by Gasteiger charge is 2.41. The van der Waals surface area contributed by atoms with Crippen LogP contribution in [-0.4, -0.2) is 38.0 Å². The summed E-state index contributed by atoms with van der Waals surface area (Å²) in [5, 5.41) is 5.14. The number of hydrogen-bond acceptors (Lipinski definition) is 6. The second kappa shape index (κ2) is 18.4. The van der Waals surface area contributed by atoms with Gasteiger partial charge in [0.05, 0.1) is 0 Å². The van der Waals surface area contributed by atoms with Gasteiger partial charge in [-0.3, -0.25) is 0 Å². The van der Waals surface area contributed by atoms with Gasteiger partial charge in [0.25, 0.3) is 0 Å². The Morgan fingerprint density at radius 2 is 0.403 bits per heavy atom. The van der Waals surface area contributed by atoms with Gasteiger partial charge in [-0.25, -0.2) is 29.9 Å². The predicted octanol–water partition coefficient (Wildman–Crippen LogP) is 11.1. The van der Waals surface area contributed by atoms with Gasteiger partial charge in [0.1, 0.15) is 0 Å². The summed E-state index contributed by atoms with van der Waals surface area (Å²) in [7, 11) is -2.82. The molecule has 0 bridgehead atoms. The zero-order chi connectivity index (χ0) is 44.8. The number of benzene rings is 9. The summed E-state index contributed by atoms with van der Waals surface area (Å²) in [6, 6.07) is 88.7. The number of hydrogen-bond donors (Lipinski definition) is 0. The fourth-order valence-corrected chi connectivity index (χ4v) is 13.7. The maximum atomic E-state index is 5.28. The normalized spacial score (nSPS) is 11.3. The molecule has 0 unspecified atom stereocenters. The van der Waals surface area contributed by atoms with Crippen molar-refractivity contribution in [2.75, 3.05) is 0 Å². The SMILES string of the molecule is c1ccc(-c2nc(-c3ccccc3)nc(-c3cccc(-c4cccc(-c5nc(-c6ccccc6)nc(-c6cccc([Si](c7ccccc7)(c7ccccc7)c7ccccc7)c6)n5)c4)c3)n2)cc1. The Balaban J connectivity index is 1.03. The van der Waals surface area contributed by atoms with Crippen molar-refractivity contribution in [1.29, 1.82) is 0 Å². The van der Waals surface area contributed by atoms with Crippen LogP contribution in [0.3, 0.4) is 0 Å². The fourth-order valence-electron chi connectivity index (χ4n) is 8.92. The number of nitrogens with zero attached hydrogens (tertiary/aromatic N) is 6. The highest BCUT2D eigenvalue weighted by Crippen LogP contribution is 2.31. The van der Waals surface area contributed by atoms with Crippen molar-refractivity contribution in [2.45, 2.75) is 0 Å². The summed E-state index contributed by atoms with van der Waals surface area (Å²) in [4.78, 5) is 30.5. The van der Waals surface area contributed by atoms with E-state index in [9.17, 15) is 0 Å². The molecular weight excluding hydrogens is 833 g/mol. The lowest BCUT2D eigenvalue weighted by Crippen LogP contribution is -2.74. The Kier molecular flexibility index (Phi) is 11.2. The van der Waals surface area contributed by atoms with Crippen LogP contribution in [0.1, 0.15) is 0 Å². The topological polar surface area (TPSA) is 77.3 Å². The molecule has 0 aliphatic heterocycles. The third-order valence-corrected chi connectivity index (χ3v) is 16.9. The lowest BCUT2D eigenvalue weighted by atomic mass is 10.0. The van der Waals surface area contributed by atoms with Crippen LogP contribution in [0.25, 0.3) is 79.5 Å². The van der Waals surface area contributed by atoms with Crippen molar-refractivity contribution in [3.8, 4) is 79.5 Å². The first-order valence-electron chi connectivity index (χ1n) is 22.4. The third-order valence-electron chi connectivity index (χ3n) is 12.1. The molecule has 7 heteroatoms. The van der Waals surface area contributed by atoms with Crippen LogP contribution in [0.2, 0.25) is 0 Å². The minimum absolute atomic E-state index is 0.586. The van der Waals surface area contributed by atoms with Crippen LogP contribution < -0.4 is 20.7 Å². The van der Waals surface area contributed by atoms with Gasteiger partial charge in [-0.05, 0) is 44.0 Å². The Bertz CT molecular complexity index is 3290. The largest absolute Gasteiger partial charge is 0.208 e. The van der Waals surface area contributed by atoms with Crippen molar-refractivity contribution >= 4 is 28.8 Å². The zero-order valence-corrected chi connectivity index (χ0v) is 37.4. The molecule has 67 heavy (non-hydrogen) atoms. The lowest BCUT2D eigenvalue weighted by molar-refractivity contribution is 1.07. The average Bonchev–Trinajstić information content (AvgIpc) is 3.43. The second-order valence-corrected chi connectivity index (χ2v) is 20.1. The maximum absolute atomic E-state index is 5.28. The smallest absolute Gasteiger partial charge is 0.179 e. The molecule has 0 saturated heterocycles.